The van der Waals surface area contributed by atoms with Crippen LogP contribution in [-0.2, 0) is 12.8 Å². The Hall–Kier alpha value is -1.82. The number of halogens is 4. The first-order valence-corrected chi connectivity index (χ1v) is 7.16. The van der Waals surface area contributed by atoms with E-state index in [0.717, 1.165) is 12.1 Å². The normalized spacial score (nSPS) is 11.3. The summed E-state index contributed by atoms with van der Waals surface area (Å²) in [6, 6.07) is 9.73. The molecule has 0 aromatic heterocycles. The van der Waals surface area contributed by atoms with E-state index in [-0.39, 0.29) is 12.4 Å². The fourth-order valence-electron chi connectivity index (χ4n) is 1.83. The SMILES string of the molecule is CC(=O)c1ccc(OCc2ccc(C(F)(F)F)cc2)cc1Br. The molecule has 2 aromatic carbocycles. The maximum atomic E-state index is 12.5. The molecule has 0 radical (unpaired) electrons. The maximum Gasteiger partial charge on any atom is 0.416 e. The fourth-order valence-corrected chi connectivity index (χ4v) is 2.46. The minimum absolute atomic E-state index is 0.0684. The molecule has 116 valence electrons. The van der Waals surface area contributed by atoms with E-state index in [2.05, 4.69) is 15.9 Å². The van der Waals surface area contributed by atoms with E-state index >= 15 is 0 Å². The lowest BCUT2D eigenvalue weighted by Gasteiger charge is -2.10. The Bertz CT molecular complexity index is 679. The van der Waals surface area contributed by atoms with E-state index in [9.17, 15) is 18.0 Å². The zero-order valence-corrected chi connectivity index (χ0v) is 13.2. The minimum atomic E-state index is -4.34. The van der Waals surface area contributed by atoms with Crippen molar-refractivity contribution in [2.75, 3.05) is 0 Å². The Labute approximate surface area is 134 Å². The van der Waals surface area contributed by atoms with Crippen molar-refractivity contribution in [3.8, 4) is 5.75 Å². The molecule has 0 fully saturated rings. The summed E-state index contributed by atoms with van der Waals surface area (Å²) in [6.07, 6.45) is -4.34. The quantitative estimate of drug-likeness (QED) is 0.685. The lowest BCUT2D eigenvalue weighted by atomic mass is 10.1. The second-order valence-corrected chi connectivity index (χ2v) is 5.54. The Morgan fingerprint density at radius 1 is 1.14 bits per heavy atom. The summed E-state index contributed by atoms with van der Waals surface area (Å²) >= 11 is 3.28. The second-order valence-electron chi connectivity index (χ2n) is 4.68. The van der Waals surface area contributed by atoms with Crippen LogP contribution >= 0.6 is 15.9 Å². The van der Waals surface area contributed by atoms with E-state index in [1.807, 2.05) is 0 Å². The van der Waals surface area contributed by atoms with Crippen LogP contribution in [0.2, 0.25) is 0 Å². The average Bonchev–Trinajstić information content (AvgIpc) is 2.44. The van der Waals surface area contributed by atoms with Crippen LogP contribution < -0.4 is 4.74 Å². The maximum absolute atomic E-state index is 12.5. The molecule has 0 atom stereocenters. The number of Topliss-reactive ketones (excluding diaryl/α,β-unsaturated/α-hetero) is 1. The van der Waals surface area contributed by atoms with Crippen molar-refractivity contribution in [3.05, 3.63) is 63.6 Å². The van der Waals surface area contributed by atoms with Gasteiger partial charge >= 0.3 is 6.18 Å². The van der Waals surface area contributed by atoms with Crippen LogP contribution in [0.3, 0.4) is 0 Å². The third-order valence-corrected chi connectivity index (χ3v) is 3.66. The third-order valence-electron chi connectivity index (χ3n) is 3.01. The molecule has 6 heteroatoms. The first-order valence-electron chi connectivity index (χ1n) is 6.37. The van der Waals surface area contributed by atoms with Gasteiger partial charge in [0.25, 0.3) is 0 Å². The van der Waals surface area contributed by atoms with E-state index in [1.165, 1.54) is 19.1 Å². The van der Waals surface area contributed by atoms with Crippen molar-refractivity contribution in [3.63, 3.8) is 0 Å². The van der Waals surface area contributed by atoms with Gasteiger partial charge in [0, 0.05) is 10.0 Å². The summed E-state index contributed by atoms with van der Waals surface area (Å²) in [7, 11) is 0. The van der Waals surface area contributed by atoms with Crippen molar-refractivity contribution < 1.29 is 22.7 Å². The number of ether oxygens (including phenoxy) is 1. The van der Waals surface area contributed by atoms with Gasteiger partial charge in [0.1, 0.15) is 12.4 Å². The zero-order chi connectivity index (χ0) is 16.3. The lowest BCUT2D eigenvalue weighted by Crippen LogP contribution is -2.05. The highest BCUT2D eigenvalue weighted by molar-refractivity contribution is 9.10. The van der Waals surface area contributed by atoms with Gasteiger partial charge in [-0.25, -0.2) is 0 Å². The van der Waals surface area contributed by atoms with Crippen LogP contribution in [0, 0.1) is 0 Å². The molecule has 0 aliphatic carbocycles. The Morgan fingerprint density at radius 2 is 1.77 bits per heavy atom. The smallest absolute Gasteiger partial charge is 0.416 e. The van der Waals surface area contributed by atoms with E-state index < -0.39 is 11.7 Å². The molecule has 0 N–H and O–H groups in total. The van der Waals surface area contributed by atoms with Gasteiger partial charge in [-0.1, -0.05) is 12.1 Å². The topological polar surface area (TPSA) is 26.3 Å². The number of benzene rings is 2. The molecule has 0 heterocycles. The largest absolute Gasteiger partial charge is 0.489 e. The number of alkyl halides is 3. The second kappa shape index (κ2) is 6.52. The number of hydrogen-bond acceptors (Lipinski definition) is 2. The molecule has 22 heavy (non-hydrogen) atoms. The molecule has 2 aromatic rings. The van der Waals surface area contributed by atoms with Gasteiger partial charge in [-0.05, 0) is 58.7 Å². The zero-order valence-electron chi connectivity index (χ0n) is 11.6. The Balaban J connectivity index is 2.04. The summed E-state index contributed by atoms with van der Waals surface area (Å²) in [5.41, 5.74) is 0.478. The van der Waals surface area contributed by atoms with Crippen LogP contribution in [0.4, 0.5) is 13.2 Å². The summed E-state index contributed by atoms with van der Waals surface area (Å²) < 4.78 is 43.5. The van der Waals surface area contributed by atoms with Gasteiger partial charge in [0.05, 0.1) is 5.56 Å². The number of carbonyl (C=O) groups is 1. The van der Waals surface area contributed by atoms with Crippen molar-refractivity contribution in [1.82, 2.24) is 0 Å². The molecule has 0 saturated heterocycles. The van der Waals surface area contributed by atoms with Crippen LogP contribution in [0.5, 0.6) is 5.75 Å². The summed E-state index contributed by atoms with van der Waals surface area (Å²) in [4.78, 5) is 11.3. The van der Waals surface area contributed by atoms with E-state index in [0.29, 0.717) is 21.3 Å². The lowest BCUT2D eigenvalue weighted by molar-refractivity contribution is -0.137. The fraction of sp³-hybridized carbons (Fsp3) is 0.188. The molecule has 0 saturated carbocycles. The average molecular weight is 373 g/mol. The highest BCUT2D eigenvalue weighted by atomic mass is 79.9. The van der Waals surface area contributed by atoms with E-state index in [1.54, 1.807) is 18.2 Å². The number of carbonyl (C=O) groups excluding carboxylic acids is 1. The molecular formula is C16H12BrF3O2. The highest BCUT2D eigenvalue weighted by Crippen LogP contribution is 2.29. The molecule has 0 aliphatic rings. The third kappa shape index (κ3) is 4.10. The van der Waals surface area contributed by atoms with Crippen LogP contribution in [0.15, 0.2) is 46.9 Å². The minimum Gasteiger partial charge on any atom is -0.489 e. The monoisotopic (exact) mass is 372 g/mol. The van der Waals surface area contributed by atoms with Crippen molar-refractivity contribution >= 4 is 21.7 Å². The number of hydrogen-bond donors (Lipinski definition) is 0. The molecule has 0 aliphatic heterocycles. The molecule has 0 bridgehead atoms. The molecule has 2 rings (SSSR count). The van der Waals surface area contributed by atoms with Crippen LogP contribution in [-0.4, -0.2) is 5.78 Å². The van der Waals surface area contributed by atoms with Crippen molar-refractivity contribution in [1.29, 1.82) is 0 Å². The first-order chi connectivity index (χ1) is 10.3. The Morgan fingerprint density at radius 3 is 2.27 bits per heavy atom. The number of rotatable bonds is 4. The van der Waals surface area contributed by atoms with Gasteiger partial charge in [-0.2, -0.15) is 13.2 Å². The molecule has 0 amide bonds. The highest BCUT2D eigenvalue weighted by Gasteiger charge is 2.29. The summed E-state index contributed by atoms with van der Waals surface area (Å²) in [5, 5.41) is 0. The number of ketones is 1. The van der Waals surface area contributed by atoms with Gasteiger partial charge in [0.2, 0.25) is 0 Å². The molecule has 0 spiro atoms. The van der Waals surface area contributed by atoms with Crippen LogP contribution in [0.25, 0.3) is 0 Å². The van der Waals surface area contributed by atoms with Gasteiger partial charge < -0.3 is 4.74 Å². The molecule has 0 unspecified atom stereocenters. The van der Waals surface area contributed by atoms with Crippen LogP contribution in [0.1, 0.15) is 28.4 Å². The standard InChI is InChI=1S/C16H12BrF3O2/c1-10(21)14-7-6-13(8-15(14)17)22-9-11-2-4-12(5-3-11)16(18,19)20/h2-8H,9H2,1H3. The molecule has 2 nitrogen and oxygen atoms in total. The van der Waals surface area contributed by atoms with Crippen molar-refractivity contribution in [2.45, 2.75) is 19.7 Å². The molecular weight excluding hydrogens is 361 g/mol. The summed E-state index contributed by atoms with van der Waals surface area (Å²) in [5.74, 6) is 0.456. The first kappa shape index (κ1) is 16.5. The van der Waals surface area contributed by atoms with Gasteiger partial charge in [-0.15, -0.1) is 0 Å². The van der Waals surface area contributed by atoms with E-state index in [4.69, 9.17) is 4.74 Å². The predicted molar refractivity (Wildman–Crippen MR) is 79.9 cm³/mol. The van der Waals surface area contributed by atoms with Gasteiger partial charge in [0.15, 0.2) is 5.78 Å². The Kier molecular flexibility index (Phi) is 4.90. The van der Waals surface area contributed by atoms with Crippen molar-refractivity contribution in [2.24, 2.45) is 0 Å². The van der Waals surface area contributed by atoms with Gasteiger partial charge in [-0.3, -0.25) is 4.79 Å². The predicted octanol–water partition coefficient (Wildman–Crippen LogP) is 5.25. The summed E-state index contributed by atoms with van der Waals surface area (Å²) in [6.45, 7) is 1.60.